The van der Waals surface area contributed by atoms with Gasteiger partial charge in [0.15, 0.2) is 0 Å². The van der Waals surface area contributed by atoms with E-state index in [9.17, 15) is 43.2 Å². The van der Waals surface area contributed by atoms with Gasteiger partial charge in [0.1, 0.15) is 42.4 Å². The highest BCUT2D eigenvalue weighted by atomic mass is 16.6. The highest BCUT2D eigenvalue weighted by molar-refractivity contribution is 6.24. The van der Waals surface area contributed by atoms with E-state index in [4.69, 9.17) is 57.8 Å². The van der Waals surface area contributed by atoms with Gasteiger partial charge in [-0.1, -0.05) is 0 Å². The van der Waals surface area contributed by atoms with Crippen molar-refractivity contribution < 1.29 is 95.3 Å². The summed E-state index contributed by atoms with van der Waals surface area (Å²) in [4.78, 5) is 111. The first-order valence-electron chi connectivity index (χ1n) is 25.3. The molecule has 2 aromatic rings. The van der Waals surface area contributed by atoms with Crippen molar-refractivity contribution >= 4 is 53.4 Å². The molecular weight excluding hydrogens is 1020 g/mol. The first-order chi connectivity index (χ1) is 37.1. The number of carbonyl (C=O) groups is 9. The molecule has 2 saturated heterocycles. The van der Waals surface area contributed by atoms with E-state index in [1.165, 1.54) is 24.3 Å². The maximum atomic E-state index is 12.9. The van der Waals surface area contributed by atoms with E-state index in [0.29, 0.717) is 124 Å². The zero-order chi connectivity index (χ0) is 55.6. The second-order valence-electron chi connectivity index (χ2n) is 18.1. The van der Waals surface area contributed by atoms with E-state index in [0.717, 1.165) is 9.80 Å². The molecule has 2 atom stereocenters. The van der Waals surface area contributed by atoms with Crippen molar-refractivity contribution in [3.8, 4) is 11.5 Å². The lowest BCUT2D eigenvalue weighted by Crippen LogP contribution is -2.54. The van der Waals surface area contributed by atoms with Crippen LogP contribution in [0.4, 0.5) is 4.79 Å². The van der Waals surface area contributed by atoms with Crippen LogP contribution in [0.15, 0.2) is 36.4 Å². The number of rotatable bonds is 33. The highest BCUT2D eigenvalue weighted by Gasteiger charge is 2.46. The number of imide groups is 4. The van der Waals surface area contributed by atoms with Gasteiger partial charge in [0.25, 0.3) is 23.6 Å². The molecule has 6 rings (SSSR count). The lowest BCUT2D eigenvalue weighted by molar-refractivity contribution is -0.137. The summed E-state index contributed by atoms with van der Waals surface area (Å²) in [6, 6.07) is 7.09. The molecule has 9 amide bonds. The molecule has 4 heterocycles. The molecule has 2 aromatic carbocycles. The van der Waals surface area contributed by atoms with Crippen molar-refractivity contribution in [3.63, 3.8) is 0 Å². The molecule has 4 aliphatic heterocycles. The third-order valence-corrected chi connectivity index (χ3v) is 11.2. The quantitative estimate of drug-likeness (QED) is 0.0560. The van der Waals surface area contributed by atoms with Crippen LogP contribution in [0.5, 0.6) is 11.5 Å². The Hall–Kier alpha value is -6.49. The van der Waals surface area contributed by atoms with Crippen molar-refractivity contribution in [2.24, 2.45) is 5.73 Å². The van der Waals surface area contributed by atoms with Crippen molar-refractivity contribution in [3.05, 3.63) is 58.7 Å². The first-order valence-corrected chi connectivity index (χ1v) is 25.3. The van der Waals surface area contributed by atoms with Gasteiger partial charge in [-0.2, -0.15) is 0 Å². The summed E-state index contributed by atoms with van der Waals surface area (Å²) in [5, 5.41) is 6.94. The molecule has 0 radical (unpaired) electrons. The zero-order valence-corrected chi connectivity index (χ0v) is 43.7. The van der Waals surface area contributed by atoms with Crippen molar-refractivity contribution in [1.82, 2.24) is 25.8 Å². The Morgan fingerprint density at radius 1 is 0.506 bits per heavy atom. The van der Waals surface area contributed by atoms with Crippen LogP contribution < -0.4 is 31.2 Å². The van der Waals surface area contributed by atoms with Crippen LogP contribution in [-0.2, 0) is 61.8 Å². The summed E-state index contributed by atoms with van der Waals surface area (Å²) in [6.07, 6.45) is -0.139. The van der Waals surface area contributed by atoms with E-state index >= 15 is 0 Å². The summed E-state index contributed by atoms with van der Waals surface area (Å²) in [7, 11) is 0. The zero-order valence-electron chi connectivity index (χ0n) is 43.7. The number of ether oxygens (including phenoxy) is 11. The number of nitrogens with two attached hydrogens (primary N) is 1. The van der Waals surface area contributed by atoms with Gasteiger partial charge >= 0.3 is 6.09 Å². The minimum absolute atomic E-state index is 0.0611. The molecular formula is C51H70N6O20. The normalized spacial score (nSPS) is 17.2. The predicted octanol–water partition coefficient (Wildman–Crippen LogP) is 0.549. The molecule has 26 nitrogen and oxygen atoms in total. The van der Waals surface area contributed by atoms with Gasteiger partial charge in [0, 0.05) is 25.9 Å². The summed E-state index contributed by atoms with van der Waals surface area (Å²) in [5.41, 5.74) is 5.49. The molecule has 0 bridgehead atoms. The minimum Gasteiger partial charge on any atom is -0.491 e. The number of piperidine rings is 2. The number of benzene rings is 2. The number of nitrogens with zero attached hydrogens (tertiary/aromatic N) is 2. The molecule has 5 N–H and O–H groups in total. The lowest BCUT2D eigenvalue weighted by atomic mass is 10.0. The summed E-state index contributed by atoms with van der Waals surface area (Å²) >= 11 is 0. The average Bonchev–Trinajstić information content (AvgIpc) is 3.80. The largest absolute Gasteiger partial charge is 0.491 e. The Balaban J connectivity index is 0.000000289. The monoisotopic (exact) mass is 1090 g/mol. The third-order valence-electron chi connectivity index (χ3n) is 11.2. The van der Waals surface area contributed by atoms with Gasteiger partial charge in [0.05, 0.1) is 128 Å². The maximum absolute atomic E-state index is 12.9. The van der Waals surface area contributed by atoms with Gasteiger partial charge in [-0.15, -0.1) is 0 Å². The molecule has 0 aromatic heterocycles. The fourth-order valence-corrected chi connectivity index (χ4v) is 7.66. The SMILES string of the molecule is CC(C)(C)OC(=O)NCCOCCOCCOCCOCCOc1ccc2c(c1)C(=O)N(C1CCC(=O)NC1=O)C2=O.NCCOCCOCCOCCOCCOc1ccc2c(c1)C(=O)N(C1CCC(=O)NC1=O)C2=O. The smallest absolute Gasteiger partial charge is 0.407 e. The molecule has 0 aliphatic carbocycles. The third kappa shape index (κ3) is 20.1. The standard InChI is InChI=1S/C28H39N3O11.C23H31N3O9/c1-28(2,3)42-27(36)29-8-9-37-10-11-38-12-13-39-14-15-40-16-17-41-19-4-5-20-21(18-19)26(35)31(25(20)34)22-6-7-23(32)30-24(22)33;24-5-6-31-7-8-32-9-10-33-11-12-34-13-14-35-16-1-2-17-18(15-16)23(30)26(22(17)29)19-3-4-20(27)25-21(19)28/h4-5,18,22H,6-17H2,1-3H3,(H,29,36)(H,30,32,33);1-2,15,19H,3-14,24H2,(H,25,27,28). The molecule has 2 fully saturated rings. The number of fused-ring (bicyclic) bond motifs is 2. The Morgan fingerprint density at radius 3 is 1.19 bits per heavy atom. The van der Waals surface area contributed by atoms with E-state index in [1.807, 2.05) is 0 Å². The van der Waals surface area contributed by atoms with Crippen molar-refractivity contribution in [1.29, 1.82) is 0 Å². The number of hydrogen-bond donors (Lipinski definition) is 4. The Kier molecular flexibility index (Phi) is 25.7. The van der Waals surface area contributed by atoms with Gasteiger partial charge in [-0.3, -0.25) is 58.8 Å². The fourth-order valence-electron chi connectivity index (χ4n) is 7.66. The number of amides is 9. The van der Waals surface area contributed by atoms with Crippen LogP contribution in [0.3, 0.4) is 0 Å². The molecule has 77 heavy (non-hydrogen) atoms. The van der Waals surface area contributed by atoms with Crippen LogP contribution in [0, 0.1) is 0 Å². The molecule has 424 valence electrons. The summed E-state index contributed by atoms with van der Waals surface area (Å²) in [6.45, 7) is 13.2. The lowest BCUT2D eigenvalue weighted by Gasteiger charge is -2.27. The van der Waals surface area contributed by atoms with E-state index in [1.54, 1.807) is 32.9 Å². The summed E-state index contributed by atoms with van der Waals surface area (Å²) in [5.74, 6) is -3.63. The Bertz CT molecular complexity index is 2340. The van der Waals surface area contributed by atoms with Gasteiger partial charge in [0.2, 0.25) is 23.6 Å². The summed E-state index contributed by atoms with van der Waals surface area (Å²) < 4.78 is 59.5. The van der Waals surface area contributed by atoms with Crippen LogP contribution in [0.1, 0.15) is 87.9 Å². The number of alkyl carbamates (subject to hydrolysis) is 1. The maximum Gasteiger partial charge on any atom is 0.407 e. The average molecular weight is 1090 g/mol. The highest BCUT2D eigenvalue weighted by Crippen LogP contribution is 2.32. The van der Waals surface area contributed by atoms with Crippen LogP contribution >= 0.6 is 0 Å². The Labute approximate surface area is 445 Å². The van der Waals surface area contributed by atoms with Crippen LogP contribution in [0.25, 0.3) is 0 Å². The molecule has 26 heteroatoms. The minimum atomic E-state index is -1.01. The first kappa shape index (κ1) is 61.4. The predicted molar refractivity (Wildman–Crippen MR) is 267 cm³/mol. The molecule has 0 saturated carbocycles. The van der Waals surface area contributed by atoms with Crippen molar-refractivity contribution in [2.75, 3.05) is 132 Å². The van der Waals surface area contributed by atoms with Gasteiger partial charge in [-0.25, -0.2) is 4.79 Å². The van der Waals surface area contributed by atoms with Crippen LogP contribution in [-0.4, -0.2) is 213 Å². The van der Waals surface area contributed by atoms with Crippen LogP contribution in [0.2, 0.25) is 0 Å². The van der Waals surface area contributed by atoms with E-state index in [2.05, 4.69) is 16.0 Å². The van der Waals surface area contributed by atoms with Crippen molar-refractivity contribution in [2.45, 2.75) is 64.1 Å². The van der Waals surface area contributed by atoms with E-state index < -0.39 is 71.0 Å². The number of nitrogens with one attached hydrogen (secondary N) is 3. The molecule has 0 spiro atoms. The number of carbonyl (C=O) groups excluding carboxylic acids is 9. The molecule has 4 aliphatic rings. The van der Waals surface area contributed by atoms with Gasteiger partial charge < -0.3 is 63.2 Å². The fraction of sp³-hybridized carbons (Fsp3) is 0.588. The second kappa shape index (κ2) is 32.3. The number of hydrogen-bond acceptors (Lipinski definition) is 21. The molecule has 2 unspecified atom stereocenters. The topological polar surface area (TPSA) is 324 Å². The van der Waals surface area contributed by atoms with Gasteiger partial charge in [-0.05, 0) is 70.0 Å². The Morgan fingerprint density at radius 2 is 0.844 bits per heavy atom. The van der Waals surface area contributed by atoms with E-state index in [-0.39, 0.29) is 67.8 Å². The second-order valence-corrected chi connectivity index (χ2v) is 18.1.